The molecule has 1 rings (SSSR count). The molecule has 0 aliphatic carbocycles. The summed E-state index contributed by atoms with van der Waals surface area (Å²) < 4.78 is 23.9. The maximum absolute atomic E-state index is 12.0. The maximum Gasteiger partial charge on any atom is 0.278 e. The van der Waals surface area contributed by atoms with Crippen molar-refractivity contribution in [2.45, 2.75) is 6.43 Å². The fourth-order valence-electron chi connectivity index (χ4n) is 0.711. The number of nitrogen functional groups attached to an aromatic ring is 1. The van der Waals surface area contributed by atoms with Crippen LogP contribution in [0, 0.1) is 0 Å². The van der Waals surface area contributed by atoms with Crippen LogP contribution in [0.4, 0.5) is 14.6 Å². The topological polar surface area (TPSA) is 79.1 Å². The number of alkyl halides is 2. The van der Waals surface area contributed by atoms with Crippen molar-refractivity contribution < 1.29 is 13.9 Å². The van der Waals surface area contributed by atoms with E-state index in [2.05, 4.69) is 0 Å². The van der Waals surface area contributed by atoms with Gasteiger partial charge in [0.1, 0.15) is 5.82 Å². The van der Waals surface area contributed by atoms with Crippen LogP contribution in [0.2, 0.25) is 0 Å². The number of aromatic hydroxyl groups is 1. The first kappa shape index (κ1) is 8.51. The first-order valence-corrected chi connectivity index (χ1v) is 3.02. The predicted molar refractivity (Wildman–Crippen MR) is 38.1 cm³/mol. The van der Waals surface area contributed by atoms with Crippen molar-refractivity contribution in [3.05, 3.63) is 22.0 Å². The number of nitrogens with two attached hydrogens (primary N) is 1. The van der Waals surface area contributed by atoms with E-state index in [9.17, 15) is 13.6 Å². The summed E-state index contributed by atoms with van der Waals surface area (Å²) in [5.74, 6) is -1.18. The van der Waals surface area contributed by atoms with Gasteiger partial charge in [-0.25, -0.2) is 8.78 Å². The van der Waals surface area contributed by atoms with Gasteiger partial charge in [-0.3, -0.25) is 4.79 Å². The van der Waals surface area contributed by atoms with Crippen molar-refractivity contribution in [2.75, 3.05) is 5.73 Å². The molecule has 1 aromatic rings. The summed E-state index contributed by atoms with van der Waals surface area (Å²) >= 11 is 0. The summed E-state index contributed by atoms with van der Waals surface area (Å²) in [7, 11) is 0. The highest BCUT2D eigenvalue weighted by atomic mass is 19.3. The first-order valence-electron chi connectivity index (χ1n) is 3.02. The van der Waals surface area contributed by atoms with E-state index in [1.54, 1.807) is 0 Å². The zero-order valence-electron chi connectivity index (χ0n) is 5.84. The van der Waals surface area contributed by atoms with Crippen molar-refractivity contribution in [3.63, 3.8) is 0 Å². The van der Waals surface area contributed by atoms with E-state index in [4.69, 9.17) is 10.8 Å². The summed E-state index contributed by atoms with van der Waals surface area (Å²) in [5.41, 5.74) is 3.50. The summed E-state index contributed by atoms with van der Waals surface area (Å²) in [6, 6.07) is 0.607. The van der Waals surface area contributed by atoms with Crippen molar-refractivity contribution in [1.29, 1.82) is 0 Å². The number of nitrogens with one attached hydrogen (secondary N) is 1. The lowest BCUT2D eigenvalue weighted by Gasteiger charge is -2.02. The van der Waals surface area contributed by atoms with Crippen molar-refractivity contribution in [3.8, 4) is 5.75 Å². The molecule has 0 unspecified atom stereocenters. The molecule has 1 aromatic heterocycles. The Kier molecular flexibility index (Phi) is 1.99. The second-order valence-corrected chi connectivity index (χ2v) is 2.15. The Morgan fingerprint density at radius 2 is 2.17 bits per heavy atom. The van der Waals surface area contributed by atoms with Gasteiger partial charge < -0.3 is 15.8 Å². The van der Waals surface area contributed by atoms with Crippen LogP contribution in [0.1, 0.15) is 12.1 Å². The average molecular weight is 176 g/mol. The van der Waals surface area contributed by atoms with Gasteiger partial charge in [-0.05, 0) is 0 Å². The minimum atomic E-state index is -2.81. The number of aromatic nitrogens is 1. The second-order valence-electron chi connectivity index (χ2n) is 2.15. The van der Waals surface area contributed by atoms with Crippen LogP contribution in [-0.2, 0) is 0 Å². The Balaban J connectivity index is 3.31. The molecule has 12 heavy (non-hydrogen) atoms. The molecule has 4 nitrogen and oxygen atoms in total. The summed E-state index contributed by atoms with van der Waals surface area (Å²) in [5, 5.41) is 8.80. The van der Waals surface area contributed by atoms with Gasteiger partial charge in [0, 0.05) is 6.07 Å². The average Bonchev–Trinajstić information content (AvgIpc) is 1.99. The molecule has 0 radical (unpaired) electrons. The fourth-order valence-corrected chi connectivity index (χ4v) is 0.711. The van der Waals surface area contributed by atoms with E-state index >= 15 is 0 Å². The van der Waals surface area contributed by atoms with Crippen LogP contribution in [0.25, 0.3) is 0 Å². The molecule has 0 saturated carbocycles. The molecular formula is C6H6F2N2O2. The predicted octanol–water partition coefficient (Wildman–Crippen LogP) is 0.600. The number of hydrogen-bond acceptors (Lipinski definition) is 3. The van der Waals surface area contributed by atoms with Crippen molar-refractivity contribution >= 4 is 5.82 Å². The molecule has 0 fully saturated rings. The lowest BCUT2D eigenvalue weighted by molar-refractivity contribution is 0.146. The molecular weight excluding hydrogens is 170 g/mol. The second kappa shape index (κ2) is 2.80. The van der Waals surface area contributed by atoms with Gasteiger partial charge in [-0.1, -0.05) is 0 Å². The highest BCUT2D eigenvalue weighted by molar-refractivity contribution is 5.45. The molecule has 0 amide bonds. The van der Waals surface area contributed by atoms with Crippen LogP contribution in [-0.4, -0.2) is 10.1 Å². The number of halogens is 2. The Morgan fingerprint density at radius 3 is 2.58 bits per heavy atom. The summed E-state index contributed by atoms with van der Waals surface area (Å²) in [6.07, 6.45) is -2.81. The molecule has 0 spiro atoms. The Labute approximate surface area is 65.6 Å². The molecule has 0 aromatic carbocycles. The smallest absolute Gasteiger partial charge is 0.278 e. The van der Waals surface area contributed by atoms with E-state index in [-0.39, 0.29) is 0 Å². The van der Waals surface area contributed by atoms with Crippen LogP contribution >= 0.6 is 0 Å². The standard InChI is InChI=1S/C6H6F2N2O2/c7-5(8)2-1-3(11)4(12)6(9)10-2/h1,5,12H,(H3,9,10,11). The van der Waals surface area contributed by atoms with Crippen molar-refractivity contribution in [2.24, 2.45) is 0 Å². The van der Waals surface area contributed by atoms with Crippen LogP contribution < -0.4 is 11.2 Å². The molecule has 0 bridgehead atoms. The summed E-state index contributed by atoms with van der Waals surface area (Å²) in [6.45, 7) is 0. The number of hydrogen-bond donors (Lipinski definition) is 3. The number of pyridine rings is 1. The zero-order valence-corrected chi connectivity index (χ0v) is 5.84. The lowest BCUT2D eigenvalue weighted by Crippen LogP contribution is -2.07. The third-order valence-electron chi connectivity index (χ3n) is 1.29. The lowest BCUT2D eigenvalue weighted by atomic mass is 10.3. The van der Waals surface area contributed by atoms with E-state index in [1.165, 1.54) is 0 Å². The van der Waals surface area contributed by atoms with Gasteiger partial charge in [-0.2, -0.15) is 0 Å². The van der Waals surface area contributed by atoms with Gasteiger partial charge in [0.25, 0.3) is 6.43 Å². The summed E-state index contributed by atoms with van der Waals surface area (Å²) in [4.78, 5) is 12.7. The van der Waals surface area contributed by atoms with E-state index in [0.717, 1.165) is 0 Å². The SMILES string of the molecule is Nc1[nH]c(C(F)F)cc(=O)c1O. The van der Waals surface area contributed by atoms with Crippen LogP contribution in [0.15, 0.2) is 10.9 Å². The molecule has 1 heterocycles. The minimum Gasteiger partial charge on any atom is -0.502 e. The first-order chi connectivity index (χ1) is 5.52. The Bertz CT molecular complexity index is 348. The Hall–Kier alpha value is -1.59. The number of H-pyrrole nitrogens is 1. The van der Waals surface area contributed by atoms with Crippen LogP contribution in [0.5, 0.6) is 5.75 Å². The third kappa shape index (κ3) is 1.36. The number of anilines is 1. The van der Waals surface area contributed by atoms with E-state index < -0.39 is 29.1 Å². The normalized spacial score (nSPS) is 10.6. The van der Waals surface area contributed by atoms with Gasteiger partial charge in [0.15, 0.2) is 0 Å². The van der Waals surface area contributed by atoms with Gasteiger partial charge in [-0.15, -0.1) is 0 Å². The highest BCUT2D eigenvalue weighted by Gasteiger charge is 2.11. The molecule has 0 aliphatic rings. The molecule has 66 valence electrons. The number of aromatic amines is 1. The van der Waals surface area contributed by atoms with E-state index in [0.29, 0.717) is 6.07 Å². The Morgan fingerprint density at radius 1 is 1.58 bits per heavy atom. The third-order valence-corrected chi connectivity index (χ3v) is 1.29. The highest BCUT2D eigenvalue weighted by Crippen LogP contribution is 2.18. The maximum atomic E-state index is 12.0. The van der Waals surface area contributed by atoms with Gasteiger partial charge in [0.2, 0.25) is 11.2 Å². The monoisotopic (exact) mass is 176 g/mol. The van der Waals surface area contributed by atoms with Crippen molar-refractivity contribution in [1.82, 2.24) is 4.98 Å². The minimum absolute atomic E-state index is 0.446. The molecule has 0 aliphatic heterocycles. The fraction of sp³-hybridized carbons (Fsp3) is 0.167. The van der Waals surface area contributed by atoms with E-state index in [1.807, 2.05) is 4.98 Å². The molecule has 4 N–H and O–H groups in total. The van der Waals surface area contributed by atoms with Crippen LogP contribution in [0.3, 0.4) is 0 Å². The zero-order chi connectivity index (χ0) is 9.30. The van der Waals surface area contributed by atoms with Gasteiger partial charge >= 0.3 is 0 Å². The molecule has 6 heteroatoms. The molecule has 0 saturated heterocycles. The number of rotatable bonds is 1. The largest absolute Gasteiger partial charge is 0.502 e. The quantitative estimate of drug-likeness (QED) is 0.586. The molecule has 0 atom stereocenters. The van der Waals surface area contributed by atoms with Gasteiger partial charge in [0.05, 0.1) is 5.69 Å².